The lowest BCUT2D eigenvalue weighted by Gasteiger charge is -2.12. The predicted octanol–water partition coefficient (Wildman–Crippen LogP) is 5.89. The van der Waals surface area contributed by atoms with Gasteiger partial charge in [0.15, 0.2) is 5.82 Å². The molecule has 0 saturated carbocycles. The summed E-state index contributed by atoms with van der Waals surface area (Å²) >= 11 is 8.11. The van der Waals surface area contributed by atoms with Crippen LogP contribution in [-0.2, 0) is 10.0 Å². The van der Waals surface area contributed by atoms with E-state index in [-0.39, 0.29) is 22.7 Å². The fraction of sp³-hybridized carbons (Fsp3) is 0.174. The van der Waals surface area contributed by atoms with Gasteiger partial charge < -0.3 is 10.7 Å². The summed E-state index contributed by atoms with van der Waals surface area (Å²) in [5.74, 6) is -3.51. The van der Waals surface area contributed by atoms with Crippen molar-refractivity contribution in [2.24, 2.45) is 0 Å². The first-order valence-electron chi connectivity index (χ1n) is 10.1. The van der Waals surface area contributed by atoms with E-state index in [1.165, 1.54) is 6.20 Å². The molecular weight excluding hydrogens is 599 g/mol. The zero-order valence-electron chi connectivity index (χ0n) is 18.0. The van der Waals surface area contributed by atoms with Gasteiger partial charge in [-0.3, -0.25) is 9.52 Å². The Morgan fingerprint density at radius 2 is 1.88 bits per heavy atom. The second-order valence-corrected chi connectivity index (χ2v) is 10.4. The maximum atomic E-state index is 15.2. The van der Waals surface area contributed by atoms with Gasteiger partial charge in [-0.2, -0.15) is 0 Å². The second-order valence-electron chi connectivity index (χ2n) is 7.37. The minimum Gasteiger partial charge on any atom is -0.385 e. The van der Waals surface area contributed by atoms with Crippen LogP contribution in [-0.4, -0.2) is 29.4 Å². The number of ketones is 1. The van der Waals surface area contributed by atoms with Crippen molar-refractivity contribution in [2.45, 2.75) is 13.3 Å². The molecule has 0 saturated heterocycles. The molecule has 0 unspecified atom stereocenters. The van der Waals surface area contributed by atoms with Crippen LogP contribution in [0.25, 0.3) is 11.6 Å². The molecule has 0 atom stereocenters. The van der Waals surface area contributed by atoms with E-state index in [1.807, 2.05) is 12.1 Å². The smallest absolute Gasteiger partial charge is 0.232 e. The number of hydrogen-bond donors (Lipinski definition) is 3. The molecule has 0 spiro atoms. The van der Waals surface area contributed by atoms with Crippen molar-refractivity contribution in [3.63, 3.8) is 0 Å². The normalized spacial score (nSPS) is 12.1. The molecule has 0 bridgehead atoms. The third-order valence-electron chi connectivity index (χ3n) is 4.93. The summed E-state index contributed by atoms with van der Waals surface area (Å²) in [5, 5.41) is 0.564. The zero-order chi connectivity index (χ0) is 25.0. The van der Waals surface area contributed by atoms with Crippen molar-refractivity contribution in [3.8, 4) is 0 Å². The first kappa shape index (κ1) is 26.2. The summed E-state index contributed by atoms with van der Waals surface area (Å²) in [4.78, 5) is 16.0. The Labute approximate surface area is 214 Å². The largest absolute Gasteiger partial charge is 0.385 e. The lowest BCUT2D eigenvalue weighted by atomic mass is 9.98. The number of hydrogen-bond acceptors (Lipinski definition) is 4. The molecule has 4 N–H and O–H groups in total. The SMILES string of the molecule is CCCS(=O)(=O)Nc1ccc(F)c(C(=O)c2c[nH]c(N)c2/C=C(\CI)c2ccc(Cl)cc2)c1F. The molecule has 0 aliphatic heterocycles. The summed E-state index contributed by atoms with van der Waals surface area (Å²) < 4.78 is 56.5. The molecule has 0 aliphatic carbocycles. The van der Waals surface area contributed by atoms with E-state index in [4.69, 9.17) is 17.3 Å². The van der Waals surface area contributed by atoms with Gasteiger partial charge in [-0.25, -0.2) is 17.2 Å². The van der Waals surface area contributed by atoms with Crippen molar-refractivity contribution in [3.05, 3.63) is 81.5 Å². The van der Waals surface area contributed by atoms with E-state index in [9.17, 15) is 17.6 Å². The molecule has 34 heavy (non-hydrogen) atoms. The number of nitrogens with two attached hydrogens (primary N) is 1. The monoisotopic (exact) mass is 619 g/mol. The number of H-pyrrole nitrogens is 1. The van der Waals surface area contributed by atoms with Gasteiger partial charge in [0.2, 0.25) is 15.8 Å². The molecule has 11 heteroatoms. The minimum absolute atomic E-state index is 0.0554. The van der Waals surface area contributed by atoms with Crippen LogP contribution in [0.4, 0.5) is 20.3 Å². The number of benzene rings is 2. The third kappa shape index (κ3) is 5.78. The van der Waals surface area contributed by atoms with Gasteiger partial charge >= 0.3 is 0 Å². The zero-order valence-corrected chi connectivity index (χ0v) is 21.7. The molecular formula is C23H21ClF2IN3O3S. The van der Waals surface area contributed by atoms with Gasteiger partial charge in [-0.15, -0.1) is 0 Å². The predicted molar refractivity (Wildman–Crippen MR) is 141 cm³/mol. The molecule has 0 radical (unpaired) electrons. The maximum absolute atomic E-state index is 15.2. The highest BCUT2D eigenvalue weighted by atomic mass is 127. The Morgan fingerprint density at radius 3 is 2.50 bits per heavy atom. The number of nitrogen functional groups attached to an aromatic ring is 1. The molecule has 2 aromatic carbocycles. The van der Waals surface area contributed by atoms with E-state index in [0.29, 0.717) is 15.9 Å². The number of sulfonamides is 1. The molecule has 1 heterocycles. The van der Waals surface area contributed by atoms with E-state index in [1.54, 1.807) is 25.1 Å². The number of rotatable bonds is 9. The Bertz CT molecular complexity index is 1360. The maximum Gasteiger partial charge on any atom is 0.232 e. The fourth-order valence-electron chi connectivity index (χ4n) is 3.29. The van der Waals surface area contributed by atoms with Gasteiger partial charge in [0.25, 0.3) is 0 Å². The number of alkyl halides is 1. The molecule has 6 nitrogen and oxygen atoms in total. The average Bonchev–Trinajstić information content (AvgIpc) is 3.14. The van der Waals surface area contributed by atoms with Crippen LogP contribution in [0.1, 0.15) is 40.4 Å². The Balaban J connectivity index is 2.07. The van der Waals surface area contributed by atoms with Gasteiger partial charge in [0.05, 0.1) is 17.0 Å². The van der Waals surface area contributed by atoms with Crippen LogP contribution in [0.5, 0.6) is 0 Å². The molecule has 180 valence electrons. The molecule has 3 aromatic rings. The molecule has 0 aliphatic rings. The first-order valence-corrected chi connectivity index (χ1v) is 13.7. The summed E-state index contributed by atoms with van der Waals surface area (Å²) in [5.41, 5.74) is 6.49. The van der Waals surface area contributed by atoms with Crippen LogP contribution >= 0.6 is 34.2 Å². The second kappa shape index (κ2) is 10.9. The molecule has 0 fully saturated rings. The van der Waals surface area contributed by atoms with Gasteiger partial charge in [-0.05, 0) is 47.9 Å². The average molecular weight is 620 g/mol. The molecule has 0 amide bonds. The number of aromatic nitrogens is 1. The molecule has 1 aromatic heterocycles. The van der Waals surface area contributed by atoms with Crippen molar-refractivity contribution in [1.29, 1.82) is 0 Å². The number of anilines is 2. The summed E-state index contributed by atoms with van der Waals surface area (Å²) in [6.07, 6.45) is 3.23. The van der Waals surface area contributed by atoms with E-state index < -0.39 is 38.7 Å². The number of carbonyl (C=O) groups is 1. The quantitative estimate of drug-likeness (QED) is 0.158. The van der Waals surface area contributed by atoms with Gasteiger partial charge in [0, 0.05) is 26.8 Å². The van der Waals surface area contributed by atoms with Gasteiger partial charge in [-0.1, -0.05) is 53.2 Å². The lowest BCUT2D eigenvalue weighted by molar-refractivity contribution is 0.103. The van der Waals surface area contributed by atoms with Gasteiger partial charge in [0.1, 0.15) is 11.6 Å². The van der Waals surface area contributed by atoms with E-state index in [0.717, 1.165) is 23.3 Å². The highest BCUT2D eigenvalue weighted by Gasteiger charge is 2.26. The Hall–Kier alpha value is -2.44. The summed E-state index contributed by atoms with van der Waals surface area (Å²) in [6, 6.07) is 8.84. The number of halogens is 4. The van der Waals surface area contributed by atoms with Crippen molar-refractivity contribution < 1.29 is 22.0 Å². The fourth-order valence-corrected chi connectivity index (χ4v) is 5.21. The number of nitrogens with one attached hydrogen (secondary N) is 2. The molecule has 3 rings (SSSR count). The number of aromatic amines is 1. The first-order chi connectivity index (χ1) is 16.1. The minimum atomic E-state index is -3.85. The van der Waals surface area contributed by atoms with Crippen LogP contribution in [0.2, 0.25) is 5.02 Å². The topological polar surface area (TPSA) is 105 Å². The summed E-state index contributed by atoms with van der Waals surface area (Å²) in [6.45, 7) is 1.65. The Kier molecular flexibility index (Phi) is 8.37. The highest BCUT2D eigenvalue weighted by Crippen LogP contribution is 2.30. The van der Waals surface area contributed by atoms with Crippen LogP contribution in [0.15, 0.2) is 42.6 Å². The van der Waals surface area contributed by atoms with Crippen LogP contribution < -0.4 is 10.5 Å². The van der Waals surface area contributed by atoms with E-state index >= 15 is 4.39 Å². The summed E-state index contributed by atoms with van der Waals surface area (Å²) in [7, 11) is -3.85. The Morgan fingerprint density at radius 1 is 1.21 bits per heavy atom. The van der Waals surface area contributed by atoms with Crippen LogP contribution in [0.3, 0.4) is 0 Å². The van der Waals surface area contributed by atoms with E-state index in [2.05, 4.69) is 32.3 Å². The number of allylic oxidation sites excluding steroid dienone is 1. The van der Waals surface area contributed by atoms with Crippen LogP contribution in [0, 0.1) is 11.6 Å². The lowest BCUT2D eigenvalue weighted by Crippen LogP contribution is -2.18. The highest BCUT2D eigenvalue weighted by molar-refractivity contribution is 14.1. The number of carbonyl (C=O) groups excluding carboxylic acids is 1. The third-order valence-corrected chi connectivity index (χ3v) is 7.48. The van der Waals surface area contributed by atoms with Crippen molar-refractivity contribution in [2.75, 3.05) is 20.6 Å². The van der Waals surface area contributed by atoms with Crippen molar-refractivity contribution in [1.82, 2.24) is 4.98 Å². The van der Waals surface area contributed by atoms with Crippen molar-refractivity contribution >= 4 is 73.2 Å². The standard InChI is InChI=1S/C23H21ClF2IN3O3S/c1-2-9-34(32,33)30-19-8-7-18(25)20(21(19)26)22(31)17-12-29-23(28)16(17)10-14(11-27)13-3-5-15(24)6-4-13/h3-8,10,12,29-30H,2,9,11,28H2,1H3/b14-10+.